The number of aliphatic hydroxyl groups is 1. The summed E-state index contributed by atoms with van der Waals surface area (Å²) in [6, 6.07) is 15.1. The molecule has 106 valence electrons. The number of para-hydroxylation sites is 1. The van der Waals surface area contributed by atoms with Gasteiger partial charge in [-0.25, -0.2) is 0 Å². The van der Waals surface area contributed by atoms with Crippen LogP contribution < -0.4 is 9.47 Å². The van der Waals surface area contributed by atoms with E-state index in [0.717, 1.165) is 17.7 Å². The number of aliphatic hydroxyl groups excluding tert-OH is 1. The maximum Gasteiger partial charge on any atom is 0.128 e. The summed E-state index contributed by atoms with van der Waals surface area (Å²) in [6.07, 6.45) is 0.336. The number of benzene rings is 2. The molecule has 0 aliphatic rings. The lowest BCUT2D eigenvalue weighted by Gasteiger charge is -2.15. The Labute approximate surface area is 119 Å². The van der Waals surface area contributed by atoms with E-state index in [9.17, 15) is 5.11 Å². The lowest BCUT2D eigenvalue weighted by molar-refractivity contribution is 0.190. The van der Waals surface area contributed by atoms with Crippen LogP contribution >= 0.6 is 0 Å². The van der Waals surface area contributed by atoms with Gasteiger partial charge in [-0.2, -0.15) is 0 Å². The fourth-order valence-electron chi connectivity index (χ4n) is 1.88. The Morgan fingerprint density at radius 1 is 1.05 bits per heavy atom. The Bertz CT molecular complexity index is 535. The minimum absolute atomic E-state index is 0.596. The van der Waals surface area contributed by atoms with Crippen LogP contribution in [0.1, 0.15) is 31.9 Å². The largest absolute Gasteiger partial charge is 0.493 e. The first kappa shape index (κ1) is 14.4. The van der Waals surface area contributed by atoms with E-state index >= 15 is 0 Å². The van der Waals surface area contributed by atoms with Crippen LogP contribution in [-0.4, -0.2) is 11.7 Å². The van der Waals surface area contributed by atoms with Gasteiger partial charge in [-0.15, -0.1) is 0 Å². The fraction of sp³-hybridized carbons (Fsp3) is 0.294. The molecule has 0 spiro atoms. The van der Waals surface area contributed by atoms with E-state index in [1.165, 1.54) is 0 Å². The third-order valence-corrected chi connectivity index (χ3v) is 2.87. The molecule has 1 atom stereocenters. The molecular formula is C17H20O3. The second-order valence-corrected chi connectivity index (χ2v) is 4.64. The predicted molar refractivity (Wildman–Crippen MR) is 79.4 cm³/mol. The van der Waals surface area contributed by atoms with Crippen molar-refractivity contribution in [3.8, 4) is 17.2 Å². The zero-order chi connectivity index (χ0) is 14.4. The van der Waals surface area contributed by atoms with Gasteiger partial charge < -0.3 is 14.6 Å². The number of hydrogen-bond acceptors (Lipinski definition) is 3. The summed E-state index contributed by atoms with van der Waals surface area (Å²) < 4.78 is 11.4. The van der Waals surface area contributed by atoms with E-state index in [1.807, 2.05) is 48.5 Å². The molecule has 2 rings (SSSR count). The van der Waals surface area contributed by atoms with Crippen LogP contribution in [0.5, 0.6) is 17.2 Å². The molecule has 0 amide bonds. The van der Waals surface area contributed by atoms with E-state index in [0.29, 0.717) is 18.1 Å². The van der Waals surface area contributed by atoms with Crippen LogP contribution in [0.3, 0.4) is 0 Å². The van der Waals surface area contributed by atoms with E-state index < -0.39 is 6.10 Å². The topological polar surface area (TPSA) is 38.7 Å². The highest BCUT2D eigenvalue weighted by Gasteiger charge is 2.11. The summed E-state index contributed by atoms with van der Waals surface area (Å²) in [5.74, 6) is 2.17. The molecule has 3 nitrogen and oxygen atoms in total. The number of hydrogen-bond donors (Lipinski definition) is 1. The van der Waals surface area contributed by atoms with Gasteiger partial charge in [-0.05, 0) is 43.7 Å². The Hall–Kier alpha value is -2.00. The van der Waals surface area contributed by atoms with Crippen molar-refractivity contribution in [2.24, 2.45) is 0 Å². The highest BCUT2D eigenvalue weighted by molar-refractivity contribution is 5.43. The average molecular weight is 272 g/mol. The molecule has 0 heterocycles. The maximum atomic E-state index is 9.86. The van der Waals surface area contributed by atoms with Crippen LogP contribution in [0.2, 0.25) is 0 Å². The molecule has 20 heavy (non-hydrogen) atoms. The van der Waals surface area contributed by atoms with Gasteiger partial charge in [0.1, 0.15) is 17.2 Å². The first-order chi connectivity index (χ1) is 9.70. The van der Waals surface area contributed by atoms with Crippen LogP contribution in [-0.2, 0) is 0 Å². The average Bonchev–Trinajstić information content (AvgIpc) is 2.47. The Morgan fingerprint density at radius 2 is 1.80 bits per heavy atom. The number of ether oxygens (including phenoxy) is 2. The molecule has 0 radical (unpaired) electrons. The summed E-state index contributed by atoms with van der Waals surface area (Å²) in [5.41, 5.74) is 0.742. The first-order valence-corrected chi connectivity index (χ1v) is 6.88. The summed E-state index contributed by atoms with van der Waals surface area (Å²) in [6.45, 7) is 4.41. The number of rotatable bonds is 6. The van der Waals surface area contributed by atoms with Crippen LogP contribution in [0.15, 0.2) is 48.5 Å². The van der Waals surface area contributed by atoms with Crippen LogP contribution in [0.25, 0.3) is 0 Å². The SMILES string of the molecule is CCCOc1ccc(Oc2ccccc2)cc1C(C)O. The van der Waals surface area contributed by atoms with Crippen molar-refractivity contribution in [1.29, 1.82) is 0 Å². The third-order valence-electron chi connectivity index (χ3n) is 2.87. The summed E-state index contributed by atoms with van der Waals surface area (Å²) in [4.78, 5) is 0. The smallest absolute Gasteiger partial charge is 0.128 e. The van der Waals surface area contributed by atoms with Crippen molar-refractivity contribution in [2.75, 3.05) is 6.61 Å². The first-order valence-electron chi connectivity index (χ1n) is 6.88. The fourth-order valence-corrected chi connectivity index (χ4v) is 1.88. The monoisotopic (exact) mass is 272 g/mol. The maximum absolute atomic E-state index is 9.86. The minimum Gasteiger partial charge on any atom is -0.493 e. The van der Waals surface area contributed by atoms with E-state index in [-0.39, 0.29) is 0 Å². The second-order valence-electron chi connectivity index (χ2n) is 4.64. The molecule has 0 aliphatic heterocycles. The highest BCUT2D eigenvalue weighted by Crippen LogP contribution is 2.31. The van der Waals surface area contributed by atoms with Crippen molar-refractivity contribution in [3.63, 3.8) is 0 Å². The van der Waals surface area contributed by atoms with Crippen LogP contribution in [0, 0.1) is 0 Å². The van der Waals surface area contributed by atoms with Gasteiger partial charge in [0.05, 0.1) is 12.7 Å². The van der Waals surface area contributed by atoms with Gasteiger partial charge >= 0.3 is 0 Å². The zero-order valence-corrected chi connectivity index (χ0v) is 11.9. The molecule has 1 N–H and O–H groups in total. The lowest BCUT2D eigenvalue weighted by Crippen LogP contribution is -2.01. The molecule has 1 unspecified atom stereocenters. The van der Waals surface area contributed by atoms with E-state index in [4.69, 9.17) is 9.47 Å². The van der Waals surface area contributed by atoms with Gasteiger partial charge in [0, 0.05) is 5.56 Å². The standard InChI is InChI=1S/C17H20O3/c1-3-11-19-17-10-9-15(12-16(17)13(2)18)20-14-7-5-4-6-8-14/h4-10,12-13,18H,3,11H2,1-2H3. The molecular weight excluding hydrogens is 252 g/mol. The van der Waals surface area contributed by atoms with Gasteiger partial charge in [-0.1, -0.05) is 25.1 Å². The molecule has 0 aromatic heterocycles. The molecule has 3 heteroatoms. The molecule has 0 saturated carbocycles. The van der Waals surface area contributed by atoms with Gasteiger partial charge in [0.15, 0.2) is 0 Å². The Balaban J connectivity index is 2.21. The Morgan fingerprint density at radius 3 is 2.45 bits per heavy atom. The predicted octanol–water partition coefficient (Wildman–Crippen LogP) is 4.32. The molecule has 0 aliphatic carbocycles. The lowest BCUT2D eigenvalue weighted by atomic mass is 10.1. The normalized spacial score (nSPS) is 11.9. The Kier molecular flexibility index (Phi) is 5.02. The summed E-state index contributed by atoms with van der Waals surface area (Å²) in [7, 11) is 0. The van der Waals surface area contributed by atoms with Crippen LogP contribution in [0.4, 0.5) is 0 Å². The zero-order valence-electron chi connectivity index (χ0n) is 11.9. The molecule has 2 aromatic rings. The highest BCUT2D eigenvalue weighted by atomic mass is 16.5. The minimum atomic E-state index is -0.596. The van der Waals surface area contributed by atoms with Crippen molar-refractivity contribution < 1.29 is 14.6 Å². The van der Waals surface area contributed by atoms with Gasteiger partial charge in [-0.3, -0.25) is 0 Å². The van der Waals surface area contributed by atoms with Crippen molar-refractivity contribution in [2.45, 2.75) is 26.4 Å². The molecule has 0 saturated heterocycles. The van der Waals surface area contributed by atoms with Gasteiger partial charge in [0.2, 0.25) is 0 Å². The molecule has 2 aromatic carbocycles. The molecule has 0 bridgehead atoms. The van der Waals surface area contributed by atoms with E-state index in [2.05, 4.69) is 6.92 Å². The van der Waals surface area contributed by atoms with Gasteiger partial charge in [0.25, 0.3) is 0 Å². The molecule has 0 fully saturated rings. The van der Waals surface area contributed by atoms with Crippen molar-refractivity contribution >= 4 is 0 Å². The van der Waals surface area contributed by atoms with Crippen molar-refractivity contribution in [3.05, 3.63) is 54.1 Å². The third kappa shape index (κ3) is 3.75. The van der Waals surface area contributed by atoms with E-state index in [1.54, 1.807) is 6.92 Å². The second kappa shape index (κ2) is 6.96. The van der Waals surface area contributed by atoms with Crippen molar-refractivity contribution in [1.82, 2.24) is 0 Å². The quantitative estimate of drug-likeness (QED) is 0.851. The summed E-state index contributed by atoms with van der Waals surface area (Å²) >= 11 is 0. The summed E-state index contributed by atoms with van der Waals surface area (Å²) in [5, 5.41) is 9.86.